The van der Waals surface area contributed by atoms with Gasteiger partial charge >= 0.3 is 5.97 Å². The molecule has 5 heteroatoms. The zero-order valence-corrected chi connectivity index (χ0v) is 16.6. The van der Waals surface area contributed by atoms with E-state index in [2.05, 4.69) is 40.5 Å². The molecule has 3 fully saturated rings. The van der Waals surface area contributed by atoms with Crippen LogP contribution in [0.25, 0.3) is 0 Å². The summed E-state index contributed by atoms with van der Waals surface area (Å²) in [7, 11) is 0. The minimum Gasteiger partial charge on any atom is -0.478 e. The lowest BCUT2D eigenvalue weighted by Gasteiger charge is -2.39. The van der Waals surface area contributed by atoms with Crippen LogP contribution in [0.15, 0.2) is 54.6 Å². The topological polar surface area (TPSA) is 61.8 Å². The van der Waals surface area contributed by atoms with Crippen LogP contribution >= 0.6 is 0 Å². The van der Waals surface area contributed by atoms with Crippen molar-refractivity contribution in [2.75, 3.05) is 24.6 Å². The molecule has 5 nitrogen and oxygen atoms in total. The highest BCUT2D eigenvalue weighted by Crippen LogP contribution is 2.43. The second-order valence-electron chi connectivity index (χ2n) is 8.76. The molecule has 2 saturated heterocycles. The Morgan fingerprint density at radius 1 is 1.07 bits per heavy atom. The Balaban J connectivity index is 1.13. The van der Waals surface area contributed by atoms with E-state index in [1.165, 1.54) is 12.0 Å². The molecule has 2 heterocycles. The molecule has 3 aliphatic rings. The van der Waals surface area contributed by atoms with E-state index < -0.39 is 5.97 Å². The third-order valence-corrected chi connectivity index (χ3v) is 6.83. The van der Waals surface area contributed by atoms with Gasteiger partial charge in [-0.25, -0.2) is 4.79 Å². The van der Waals surface area contributed by atoms with Crippen molar-refractivity contribution >= 4 is 11.7 Å². The summed E-state index contributed by atoms with van der Waals surface area (Å²) in [6.07, 6.45) is 4.38. The van der Waals surface area contributed by atoms with Gasteiger partial charge in [-0.05, 0) is 55.5 Å². The molecule has 2 aliphatic heterocycles. The summed E-state index contributed by atoms with van der Waals surface area (Å²) >= 11 is 0. The number of carboxylic acids is 1. The lowest BCUT2D eigenvalue weighted by molar-refractivity contribution is -0.0150. The van der Waals surface area contributed by atoms with Crippen molar-refractivity contribution in [2.45, 2.75) is 49.3 Å². The number of carboxylic acid groups (broad SMARTS) is 1. The fourth-order valence-electron chi connectivity index (χ4n) is 5.04. The van der Waals surface area contributed by atoms with Crippen LogP contribution in [0.2, 0.25) is 0 Å². The van der Waals surface area contributed by atoms with Crippen molar-refractivity contribution in [3.05, 3.63) is 65.7 Å². The minimum atomic E-state index is -0.878. The predicted octanol–water partition coefficient (Wildman–Crippen LogP) is 3.66. The van der Waals surface area contributed by atoms with Crippen molar-refractivity contribution in [1.29, 1.82) is 0 Å². The maximum atomic E-state index is 11.0. The summed E-state index contributed by atoms with van der Waals surface area (Å²) in [6, 6.07) is 19.0. The molecular weight excluding hydrogens is 364 g/mol. The summed E-state index contributed by atoms with van der Waals surface area (Å²) in [5.41, 5.74) is 2.89. The van der Waals surface area contributed by atoms with Crippen molar-refractivity contribution in [2.24, 2.45) is 0 Å². The third kappa shape index (κ3) is 3.89. The standard InChI is InChI=1S/C24H28N2O3/c27-23(28)18-6-8-20(9-7-18)26-12-10-24(11-13-26)15-19(16-29-24)25-22-14-21(22)17-4-2-1-3-5-17/h1-9,19,21-22,25H,10-16H2,(H,27,28)/t19?,21-,22?/m0/s1. The van der Waals surface area contributed by atoms with E-state index in [0.717, 1.165) is 44.6 Å². The van der Waals surface area contributed by atoms with Gasteiger partial charge in [0.25, 0.3) is 0 Å². The van der Waals surface area contributed by atoms with E-state index in [-0.39, 0.29) is 5.60 Å². The van der Waals surface area contributed by atoms with Gasteiger partial charge in [0.05, 0.1) is 17.8 Å². The van der Waals surface area contributed by atoms with Crippen LogP contribution in [0.4, 0.5) is 5.69 Å². The van der Waals surface area contributed by atoms with E-state index in [4.69, 9.17) is 9.84 Å². The fraction of sp³-hybridized carbons (Fsp3) is 0.458. The molecule has 1 spiro atoms. The SMILES string of the molecule is O=C(O)c1ccc(N2CCC3(CC2)CC(NC2C[C@H]2c2ccccc2)CO3)cc1. The molecule has 2 aromatic rings. The molecule has 152 valence electrons. The van der Waals surface area contributed by atoms with E-state index in [1.54, 1.807) is 12.1 Å². The second-order valence-corrected chi connectivity index (χ2v) is 8.76. The summed E-state index contributed by atoms with van der Waals surface area (Å²) in [5.74, 6) is -0.222. The highest BCUT2D eigenvalue weighted by molar-refractivity contribution is 5.88. The first-order valence-electron chi connectivity index (χ1n) is 10.7. The van der Waals surface area contributed by atoms with Crippen molar-refractivity contribution in [3.63, 3.8) is 0 Å². The molecule has 2 N–H and O–H groups in total. The number of nitrogens with one attached hydrogen (secondary N) is 1. The lowest BCUT2D eigenvalue weighted by atomic mass is 9.87. The Bertz CT molecular complexity index is 859. The quantitative estimate of drug-likeness (QED) is 0.813. The van der Waals surface area contributed by atoms with Crippen LogP contribution in [-0.2, 0) is 4.74 Å². The van der Waals surface area contributed by atoms with Gasteiger partial charge in [0.1, 0.15) is 0 Å². The zero-order chi connectivity index (χ0) is 19.8. The van der Waals surface area contributed by atoms with Crippen LogP contribution in [0.5, 0.6) is 0 Å². The number of carbonyl (C=O) groups is 1. The van der Waals surface area contributed by atoms with Crippen LogP contribution in [0.1, 0.15) is 47.5 Å². The number of ether oxygens (including phenoxy) is 1. The van der Waals surface area contributed by atoms with Gasteiger partial charge in [-0.3, -0.25) is 0 Å². The third-order valence-electron chi connectivity index (χ3n) is 6.83. The van der Waals surface area contributed by atoms with Gasteiger partial charge in [-0.2, -0.15) is 0 Å². The van der Waals surface area contributed by atoms with Crippen LogP contribution in [-0.4, -0.2) is 48.5 Å². The average Bonchev–Trinajstić information content (AvgIpc) is 3.42. The Hall–Kier alpha value is -2.37. The van der Waals surface area contributed by atoms with Crippen LogP contribution in [0, 0.1) is 0 Å². The molecule has 0 aromatic heterocycles. The molecular formula is C24H28N2O3. The number of piperidine rings is 1. The van der Waals surface area contributed by atoms with Gasteiger partial charge < -0.3 is 20.1 Å². The van der Waals surface area contributed by atoms with Gasteiger partial charge in [0.15, 0.2) is 0 Å². The smallest absolute Gasteiger partial charge is 0.335 e. The number of nitrogens with zero attached hydrogens (tertiary/aromatic N) is 1. The fourth-order valence-corrected chi connectivity index (χ4v) is 5.04. The average molecular weight is 392 g/mol. The Labute approximate surface area is 171 Å². The first-order chi connectivity index (χ1) is 14.1. The monoisotopic (exact) mass is 392 g/mol. The maximum absolute atomic E-state index is 11.0. The Kier molecular flexibility index (Phi) is 4.80. The highest BCUT2D eigenvalue weighted by atomic mass is 16.5. The molecule has 0 amide bonds. The van der Waals surface area contributed by atoms with E-state index in [9.17, 15) is 4.79 Å². The number of hydrogen-bond donors (Lipinski definition) is 2. The molecule has 5 rings (SSSR count). The largest absolute Gasteiger partial charge is 0.478 e. The second kappa shape index (κ2) is 7.47. The van der Waals surface area contributed by atoms with Crippen molar-refractivity contribution in [3.8, 4) is 0 Å². The van der Waals surface area contributed by atoms with Crippen molar-refractivity contribution < 1.29 is 14.6 Å². The molecule has 2 aromatic carbocycles. The van der Waals surface area contributed by atoms with Gasteiger partial charge in [-0.1, -0.05) is 30.3 Å². The van der Waals surface area contributed by atoms with Gasteiger partial charge in [0, 0.05) is 36.8 Å². The van der Waals surface area contributed by atoms with E-state index in [1.807, 2.05) is 12.1 Å². The van der Waals surface area contributed by atoms with Crippen molar-refractivity contribution in [1.82, 2.24) is 5.32 Å². The predicted molar refractivity (Wildman–Crippen MR) is 113 cm³/mol. The first kappa shape index (κ1) is 18.6. The van der Waals surface area contributed by atoms with Crippen LogP contribution in [0.3, 0.4) is 0 Å². The summed E-state index contributed by atoms with van der Waals surface area (Å²) in [5, 5.41) is 12.9. The minimum absolute atomic E-state index is 0.00626. The van der Waals surface area contributed by atoms with E-state index in [0.29, 0.717) is 23.6 Å². The Morgan fingerprint density at radius 3 is 2.48 bits per heavy atom. The number of aromatic carboxylic acids is 1. The maximum Gasteiger partial charge on any atom is 0.335 e. The highest BCUT2D eigenvalue weighted by Gasteiger charge is 2.46. The number of benzene rings is 2. The van der Waals surface area contributed by atoms with Gasteiger partial charge in [0.2, 0.25) is 0 Å². The van der Waals surface area contributed by atoms with Crippen LogP contribution < -0.4 is 10.2 Å². The molecule has 3 atom stereocenters. The number of rotatable bonds is 5. The summed E-state index contributed by atoms with van der Waals surface area (Å²) < 4.78 is 6.33. The Morgan fingerprint density at radius 2 is 1.79 bits per heavy atom. The van der Waals surface area contributed by atoms with Gasteiger partial charge in [-0.15, -0.1) is 0 Å². The molecule has 1 saturated carbocycles. The summed E-state index contributed by atoms with van der Waals surface area (Å²) in [4.78, 5) is 13.4. The molecule has 0 bridgehead atoms. The lowest BCUT2D eigenvalue weighted by Crippen LogP contribution is -2.45. The molecule has 29 heavy (non-hydrogen) atoms. The molecule has 2 unspecified atom stereocenters. The number of anilines is 1. The molecule has 0 radical (unpaired) electrons. The zero-order valence-electron chi connectivity index (χ0n) is 16.6. The number of hydrogen-bond acceptors (Lipinski definition) is 4. The normalized spacial score (nSPS) is 27.9. The summed E-state index contributed by atoms with van der Waals surface area (Å²) in [6.45, 7) is 2.72. The molecule has 1 aliphatic carbocycles. The first-order valence-corrected chi connectivity index (χ1v) is 10.7. The van der Waals surface area contributed by atoms with E-state index >= 15 is 0 Å².